The maximum atomic E-state index is 5.93. The lowest BCUT2D eigenvalue weighted by atomic mass is 9.85. The van der Waals surface area contributed by atoms with Crippen molar-refractivity contribution in [1.82, 2.24) is 0 Å². The van der Waals surface area contributed by atoms with Crippen LogP contribution >= 0.6 is 27.4 Å². The second-order valence-corrected chi connectivity index (χ2v) is 7.78. The Labute approximate surface area is 115 Å². The maximum Gasteiger partial charge on any atom is 0.0339 e. The molecule has 0 saturated carbocycles. The van der Waals surface area contributed by atoms with Crippen molar-refractivity contribution in [1.29, 1.82) is 0 Å². The molecule has 1 heterocycles. The zero-order valence-corrected chi connectivity index (χ0v) is 14.2. The maximum absolute atomic E-state index is 5.93. The lowest BCUT2D eigenvalue weighted by Gasteiger charge is -2.29. The van der Waals surface area contributed by atoms with Gasteiger partial charge >= 0.3 is 0 Å². The van der Waals surface area contributed by atoms with E-state index in [2.05, 4.69) is 27.7 Å². The smallest absolute Gasteiger partial charge is 0.0339 e. The number of hydrogen-bond acceptors (Lipinski definition) is 0. The van der Waals surface area contributed by atoms with E-state index in [4.69, 9.17) is 11.2 Å². The number of rotatable bonds is 7. The Bertz CT molecular complexity index is 320. The molecule has 1 aliphatic rings. The number of allylic oxidation sites excluding steroid dienone is 2. The van der Waals surface area contributed by atoms with Gasteiger partial charge in [-0.15, -0.1) is 11.2 Å². The van der Waals surface area contributed by atoms with Crippen molar-refractivity contribution in [3.63, 3.8) is 0 Å². The van der Waals surface area contributed by atoms with Crippen LogP contribution in [0.15, 0.2) is 11.1 Å². The number of halogens is 1. The summed E-state index contributed by atoms with van der Waals surface area (Å²) in [6.07, 6.45) is 7.39. The quantitative estimate of drug-likeness (QED) is 0.503. The van der Waals surface area contributed by atoms with Crippen molar-refractivity contribution in [2.24, 2.45) is 0 Å². The van der Waals surface area contributed by atoms with Crippen LogP contribution in [0.5, 0.6) is 0 Å². The van der Waals surface area contributed by atoms with Crippen molar-refractivity contribution < 1.29 is 0 Å². The van der Waals surface area contributed by atoms with Crippen LogP contribution < -0.4 is 0 Å². The van der Waals surface area contributed by atoms with E-state index >= 15 is 0 Å². The summed E-state index contributed by atoms with van der Waals surface area (Å²) in [5.74, 6) is 0. The van der Waals surface area contributed by atoms with Gasteiger partial charge in [-0.1, -0.05) is 41.5 Å². The van der Waals surface area contributed by atoms with Crippen LogP contribution in [-0.2, 0) is 0 Å². The SMILES string of the molecule is CCC1=PC(CC)(CCPCl)C(CC)=C1CC. The molecule has 0 bridgehead atoms. The molecule has 98 valence electrons. The third-order valence-electron chi connectivity index (χ3n) is 3.88. The van der Waals surface area contributed by atoms with Gasteiger partial charge in [0.25, 0.3) is 0 Å². The largest absolute Gasteiger partial charge is 0.100 e. The van der Waals surface area contributed by atoms with Gasteiger partial charge in [0.05, 0.1) is 0 Å². The average molecular weight is 291 g/mol. The fraction of sp³-hybridized carbons (Fsp3) is 0.786. The molecule has 0 aliphatic carbocycles. The summed E-state index contributed by atoms with van der Waals surface area (Å²) in [6.45, 7) is 9.30. The van der Waals surface area contributed by atoms with Crippen LogP contribution in [0.2, 0.25) is 0 Å². The second-order valence-electron chi connectivity index (χ2n) is 4.60. The second kappa shape index (κ2) is 7.28. The molecule has 0 amide bonds. The van der Waals surface area contributed by atoms with E-state index in [-0.39, 0.29) is 0 Å². The van der Waals surface area contributed by atoms with Crippen LogP contribution in [0.1, 0.15) is 59.8 Å². The van der Waals surface area contributed by atoms with E-state index in [1.54, 1.807) is 24.6 Å². The molecule has 0 spiro atoms. The highest BCUT2D eigenvalue weighted by molar-refractivity contribution is 7.68. The Balaban J connectivity index is 3.12. The Morgan fingerprint density at radius 3 is 2.24 bits per heavy atom. The van der Waals surface area contributed by atoms with Crippen molar-refractivity contribution in [3.05, 3.63) is 11.1 Å². The van der Waals surface area contributed by atoms with Gasteiger partial charge in [0.1, 0.15) is 0 Å². The molecule has 1 rings (SSSR count). The van der Waals surface area contributed by atoms with Crippen molar-refractivity contribution in [3.8, 4) is 0 Å². The Morgan fingerprint density at radius 2 is 1.82 bits per heavy atom. The summed E-state index contributed by atoms with van der Waals surface area (Å²) >= 11 is 5.93. The minimum atomic E-state index is 0.438. The molecule has 1 aliphatic heterocycles. The average Bonchev–Trinajstić information content (AvgIpc) is 2.69. The molecule has 0 radical (unpaired) electrons. The molecule has 0 aromatic carbocycles. The Kier molecular flexibility index (Phi) is 6.71. The summed E-state index contributed by atoms with van der Waals surface area (Å²) in [6, 6.07) is 0. The van der Waals surface area contributed by atoms with Crippen LogP contribution in [-0.4, -0.2) is 16.6 Å². The summed E-state index contributed by atoms with van der Waals surface area (Å²) in [7, 11) is 2.17. The fourth-order valence-electron chi connectivity index (χ4n) is 3.03. The zero-order valence-electron chi connectivity index (χ0n) is 11.6. The van der Waals surface area contributed by atoms with Crippen molar-refractivity contribution in [2.75, 3.05) is 6.16 Å². The van der Waals surface area contributed by atoms with Crippen LogP contribution in [0, 0.1) is 0 Å². The minimum absolute atomic E-state index is 0.438. The zero-order chi connectivity index (χ0) is 12.9. The van der Waals surface area contributed by atoms with E-state index in [0.29, 0.717) is 13.1 Å². The Morgan fingerprint density at radius 1 is 1.12 bits per heavy atom. The van der Waals surface area contributed by atoms with Gasteiger partial charge in [-0.3, -0.25) is 0 Å². The predicted octanol–water partition coefficient (Wildman–Crippen LogP) is 6.02. The van der Waals surface area contributed by atoms with Gasteiger partial charge in [0.15, 0.2) is 0 Å². The molecular weight excluding hydrogens is 266 g/mol. The highest BCUT2D eigenvalue weighted by Crippen LogP contribution is 2.50. The van der Waals surface area contributed by atoms with Crippen LogP contribution in [0.4, 0.5) is 0 Å². The lowest BCUT2D eigenvalue weighted by Crippen LogP contribution is -2.23. The third kappa shape index (κ3) is 3.15. The van der Waals surface area contributed by atoms with Gasteiger partial charge < -0.3 is 0 Å². The highest BCUT2D eigenvalue weighted by Gasteiger charge is 2.36. The predicted molar refractivity (Wildman–Crippen MR) is 86.5 cm³/mol. The van der Waals surface area contributed by atoms with Crippen molar-refractivity contribution in [2.45, 2.75) is 65.0 Å². The van der Waals surface area contributed by atoms with Gasteiger partial charge in [0, 0.05) is 5.16 Å². The van der Waals surface area contributed by atoms with E-state index in [1.165, 1.54) is 38.3 Å². The molecular formula is C14H25ClP2. The molecule has 0 aromatic heterocycles. The van der Waals surface area contributed by atoms with E-state index in [1.807, 2.05) is 0 Å². The van der Waals surface area contributed by atoms with Gasteiger partial charge in [0.2, 0.25) is 0 Å². The van der Waals surface area contributed by atoms with E-state index in [9.17, 15) is 0 Å². The lowest BCUT2D eigenvalue weighted by molar-refractivity contribution is 0.609. The first kappa shape index (κ1) is 15.7. The minimum Gasteiger partial charge on any atom is -0.100 e. The molecule has 3 heteroatoms. The topological polar surface area (TPSA) is 0 Å². The standard InChI is InChI=1S/C14H25ClP2/c1-5-11-12(6-2)14(8-4,9-10-16-15)17-13(11)7-3/h16H,5-10H2,1-4H3. The van der Waals surface area contributed by atoms with Crippen molar-refractivity contribution >= 4 is 32.7 Å². The molecule has 0 N–H and O–H groups in total. The first-order valence-electron chi connectivity index (χ1n) is 6.84. The van der Waals surface area contributed by atoms with Gasteiger partial charge in [-0.25, -0.2) is 0 Å². The first-order chi connectivity index (χ1) is 8.18. The molecule has 2 unspecified atom stereocenters. The monoisotopic (exact) mass is 290 g/mol. The van der Waals surface area contributed by atoms with E-state index in [0.717, 1.165) is 0 Å². The van der Waals surface area contributed by atoms with Crippen LogP contribution in [0.25, 0.3) is 0 Å². The van der Waals surface area contributed by atoms with Crippen LogP contribution in [0.3, 0.4) is 0 Å². The number of hydrogen-bond donors (Lipinski definition) is 0. The fourth-order valence-corrected chi connectivity index (χ4v) is 5.96. The summed E-state index contributed by atoms with van der Waals surface area (Å²) < 4.78 is 0. The third-order valence-corrected chi connectivity index (χ3v) is 6.98. The highest BCUT2D eigenvalue weighted by atomic mass is 35.7. The Hall–Kier alpha value is 0.630. The summed E-state index contributed by atoms with van der Waals surface area (Å²) in [5, 5.41) is 2.14. The molecule has 17 heavy (non-hydrogen) atoms. The molecule has 0 fully saturated rings. The first-order valence-corrected chi connectivity index (χ1v) is 9.95. The summed E-state index contributed by atoms with van der Waals surface area (Å²) in [4.78, 5) is 0. The normalized spacial score (nSPS) is 26.1. The molecule has 2 atom stereocenters. The molecule has 0 saturated heterocycles. The van der Waals surface area contributed by atoms with Gasteiger partial charge in [-0.05, 0) is 57.1 Å². The molecule has 0 aromatic rings. The van der Waals surface area contributed by atoms with E-state index < -0.39 is 0 Å². The summed E-state index contributed by atoms with van der Waals surface area (Å²) in [5.41, 5.74) is 3.44. The van der Waals surface area contributed by atoms with Gasteiger partial charge in [-0.2, -0.15) is 0 Å². The molecule has 0 nitrogen and oxygen atoms in total.